The molecule has 0 atom stereocenters. The lowest BCUT2D eigenvalue weighted by Gasteiger charge is -2.13. The zero-order chi connectivity index (χ0) is 10.3. The van der Waals surface area contributed by atoms with Gasteiger partial charge in [-0.3, -0.25) is 9.89 Å². The van der Waals surface area contributed by atoms with Crippen molar-refractivity contribution in [1.29, 1.82) is 0 Å². The van der Waals surface area contributed by atoms with Gasteiger partial charge in [-0.25, -0.2) is 0 Å². The SMILES string of the molecule is O=C(c1n[nH]c2c1CNC2)N1CCCC1. The van der Waals surface area contributed by atoms with Crippen LogP contribution in [0.2, 0.25) is 0 Å². The first-order chi connectivity index (χ1) is 7.36. The summed E-state index contributed by atoms with van der Waals surface area (Å²) in [6.45, 7) is 3.33. The molecule has 15 heavy (non-hydrogen) atoms. The van der Waals surface area contributed by atoms with Crippen molar-refractivity contribution in [2.24, 2.45) is 0 Å². The third kappa shape index (κ3) is 1.34. The van der Waals surface area contributed by atoms with Crippen molar-refractivity contribution in [3.05, 3.63) is 17.0 Å². The molecule has 0 bridgehead atoms. The lowest BCUT2D eigenvalue weighted by atomic mass is 10.2. The minimum atomic E-state index is 0.0914. The number of rotatable bonds is 1. The Morgan fingerprint density at radius 2 is 2.07 bits per heavy atom. The van der Waals surface area contributed by atoms with E-state index in [2.05, 4.69) is 15.5 Å². The molecule has 1 aromatic heterocycles. The minimum Gasteiger partial charge on any atom is -0.337 e. The van der Waals surface area contributed by atoms with Crippen LogP contribution < -0.4 is 5.32 Å². The number of aromatic amines is 1. The Bertz CT molecular complexity index is 392. The van der Waals surface area contributed by atoms with Gasteiger partial charge in [0.15, 0.2) is 5.69 Å². The predicted molar refractivity (Wildman–Crippen MR) is 54.3 cm³/mol. The van der Waals surface area contributed by atoms with Gasteiger partial charge in [-0.15, -0.1) is 0 Å². The van der Waals surface area contributed by atoms with E-state index in [0.717, 1.165) is 50.3 Å². The van der Waals surface area contributed by atoms with Crippen LogP contribution in [0.15, 0.2) is 0 Å². The molecule has 1 saturated heterocycles. The Morgan fingerprint density at radius 1 is 1.27 bits per heavy atom. The maximum absolute atomic E-state index is 12.1. The first-order valence-corrected chi connectivity index (χ1v) is 5.42. The second-order valence-corrected chi connectivity index (χ2v) is 4.13. The molecule has 0 saturated carbocycles. The fourth-order valence-corrected chi connectivity index (χ4v) is 2.30. The van der Waals surface area contributed by atoms with Gasteiger partial charge >= 0.3 is 0 Å². The van der Waals surface area contributed by atoms with Gasteiger partial charge in [0.25, 0.3) is 5.91 Å². The molecule has 1 fully saturated rings. The van der Waals surface area contributed by atoms with Crippen molar-refractivity contribution in [1.82, 2.24) is 20.4 Å². The Morgan fingerprint density at radius 3 is 2.87 bits per heavy atom. The van der Waals surface area contributed by atoms with E-state index in [9.17, 15) is 4.79 Å². The summed E-state index contributed by atoms with van der Waals surface area (Å²) in [5.74, 6) is 0.0914. The Kier molecular flexibility index (Phi) is 1.98. The monoisotopic (exact) mass is 206 g/mol. The fraction of sp³-hybridized carbons (Fsp3) is 0.600. The summed E-state index contributed by atoms with van der Waals surface area (Å²) in [7, 11) is 0. The van der Waals surface area contributed by atoms with Crippen LogP contribution in [0.1, 0.15) is 34.6 Å². The maximum Gasteiger partial charge on any atom is 0.274 e. The Hall–Kier alpha value is -1.36. The summed E-state index contributed by atoms with van der Waals surface area (Å²) in [6.07, 6.45) is 2.24. The topological polar surface area (TPSA) is 61.0 Å². The number of carbonyl (C=O) groups excluding carboxylic acids is 1. The van der Waals surface area contributed by atoms with Crippen LogP contribution in [0, 0.1) is 0 Å². The maximum atomic E-state index is 12.1. The highest BCUT2D eigenvalue weighted by Gasteiger charge is 2.27. The lowest BCUT2D eigenvalue weighted by Crippen LogP contribution is -2.28. The van der Waals surface area contributed by atoms with E-state index in [1.807, 2.05) is 4.90 Å². The number of hydrogen-bond donors (Lipinski definition) is 2. The predicted octanol–water partition coefficient (Wildman–Crippen LogP) is 0.249. The number of fused-ring (bicyclic) bond motifs is 1. The molecule has 2 aliphatic heterocycles. The summed E-state index contributed by atoms with van der Waals surface area (Å²) in [6, 6.07) is 0. The molecule has 0 spiro atoms. The number of aromatic nitrogens is 2. The smallest absolute Gasteiger partial charge is 0.274 e. The van der Waals surface area contributed by atoms with Crippen molar-refractivity contribution < 1.29 is 4.79 Å². The van der Waals surface area contributed by atoms with Gasteiger partial charge < -0.3 is 10.2 Å². The van der Waals surface area contributed by atoms with Gasteiger partial charge in [0.1, 0.15) is 0 Å². The molecule has 0 aromatic carbocycles. The summed E-state index contributed by atoms with van der Waals surface area (Å²) in [5.41, 5.74) is 2.75. The molecule has 80 valence electrons. The van der Waals surface area contributed by atoms with Crippen LogP contribution in [0.4, 0.5) is 0 Å². The molecule has 1 aromatic rings. The third-order valence-corrected chi connectivity index (χ3v) is 3.15. The summed E-state index contributed by atoms with van der Waals surface area (Å²) >= 11 is 0. The van der Waals surface area contributed by atoms with Gasteiger partial charge in [0.2, 0.25) is 0 Å². The van der Waals surface area contributed by atoms with Gasteiger partial charge in [0, 0.05) is 31.7 Å². The van der Waals surface area contributed by atoms with Crippen molar-refractivity contribution >= 4 is 5.91 Å². The number of likely N-dealkylation sites (tertiary alicyclic amines) is 1. The third-order valence-electron chi connectivity index (χ3n) is 3.15. The molecule has 1 amide bonds. The first kappa shape index (κ1) is 8.91. The molecule has 5 heteroatoms. The van der Waals surface area contributed by atoms with E-state index < -0.39 is 0 Å². The number of amides is 1. The van der Waals surface area contributed by atoms with Crippen LogP contribution in [0.5, 0.6) is 0 Å². The molecule has 0 unspecified atom stereocenters. The molecule has 5 nitrogen and oxygen atoms in total. The average molecular weight is 206 g/mol. The van der Waals surface area contributed by atoms with Crippen molar-refractivity contribution in [2.45, 2.75) is 25.9 Å². The minimum absolute atomic E-state index is 0.0914. The lowest BCUT2D eigenvalue weighted by molar-refractivity contribution is 0.0786. The van der Waals surface area contributed by atoms with E-state index in [1.165, 1.54) is 0 Å². The highest BCUT2D eigenvalue weighted by molar-refractivity contribution is 5.94. The summed E-state index contributed by atoms with van der Waals surface area (Å²) < 4.78 is 0. The second-order valence-electron chi connectivity index (χ2n) is 4.13. The number of nitrogens with one attached hydrogen (secondary N) is 2. The van der Waals surface area contributed by atoms with Crippen LogP contribution in [0.25, 0.3) is 0 Å². The highest BCUT2D eigenvalue weighted by Crippen LogP contribution is 2.19. The van der Waals surface area contributed by atoms with Crippen LogP contribution in [0.3, 0.4) is 0 Å². The molecule has 2 aliphatic rings. The molecule has 0 aliphatic carbocycles. The first-order valence-electron chi connectivity index (χ1n) is 5.42. The quantitative estimate of drug-likeness (QED) is 0.692. The second kappa shape index (κ2) is 3.34. The Labute approximate surface area is 87.8 Å². The Balaban J connectivity index is 1.88. The zero-order valence-corrected chi connectivity index (χ0v) is 8.55. The average Bonchev–Trinajstić information content (AvgIpc) is 2.94. The standard InChI is InChI=1S/C10H14N4O/c15-10(14-3-1-2-4-14)9-7-5-11-6-8(7)12-13-9/h11H,1-6H2,(H,12,13). The number of hydrogen-bond acceptors (Lipinski definition) is 3. The molecule has 2 N–H and O–H groups in total. The normalized spacial score (nSPS) is 19.6. The molecule has 3 rings (SSSR count). The number of H-pyrrole nitrogens is 1. The van der Waals surface area contributed by atoms with Crippen molar-refractivity contribution in [3.8, 4) is 0 Å². The van der Waals surface area contributed by atoms with Crippen LogP contribution in [-0.4, -0.2) is 34.1 Å². The van der Waals surface area contributed by atoms with E-state index in [-0.39, 0.29) is 5.91 Å². The molecular formula is C10H14N4O. The van der Waals surface area contributed by atoms with Gasteiger partial charge in [-0.1, -0.05) is 0 Å². The zero-order valence-electron chi connectivity index (χ0n) is 8.55. The fourth-order valence-electron chi connectivity index (χ4n) is 2.30. The van der Waals surface area contributed by atoms with Gasteiger partial charge in [0.05, 0.1) is 5.69 Å². The summed E-state index contributed by atoms with van der Waals surface area (Å²) in [5, 5.41) is 10.3. The van der Waals surface area contributed by atoms with E-state index >= 15 is 0 Å². The number of nitrogens with zero attached hydrogens (tertiary/aromatic N) is 2. The van der Waals surface area contributed by atoms with Gasteiger partial charge in [-0.05, 0) is 12.8 Å². The van der Waals surface area contributed by atoms with E-state index in [4.69, 9.17) is 0 Å². The molecular weight excluding hydrogens is 192 g/mol. The van der Waals surface area contributed by atoms with Crippen LogP contribution in [-0.2, 0) is 13.1 Å². The van der Waals surface area contributed by atoms with Crippen molar-refractivity contribution in [2.75, 3.05) is 13.1 Å². The van der Waals surface area contributed by atoms with E-state index in [0.29, 0.717) is 5.69 Å². The van der Waals surface area contributed by atoms with Gasteiger partial charge in [-0.2, -0.15) is 5.10 Å². The van der Waals surface area contributed by atoms with Crippen LogP contribution >= 0.6 is 0 Å². The molecule has 3 heterocycles. The highest BCUT2D eigenvalue weighted by atomic mass is 16.2. The summed E-state index contributed by atoms with van der Waals surface area (Å²) in [4.78, 5) is 14.0. The van der Waals surface area contributed by atoms with Crippen molar-refractivity contribution in [3.63, 3.8) is 0 Å². The van der Waals surface area contributed by atoms with E-state index in [1.54, 1.807) is 0 Å². The molecule has 0 radical (unpaired) electrons. The number of carbonyl (C=O) groups is 1. The largest absolute Gasteiger partial charge is 0.337 e.